The van der Waals surface area contributed by atoms with Crippen LogP contribution < -0.4 is 15.8 Å². The van der Waals surface area contributed by atoms with Crippen molar-refractivity contribution in [3.8, 4) is 5.75 Å². The van der Waals surface area contributed by atoms with Gasteiger partial charge in [0, 0.05) is 11.5 Å². The molecule has 2 aromatic carbocycles. The number of benzene rings is 2. The molecule has 5 heteroatoms. The van der Waals surface area contributed by atoms with Gasteiger partial charge in [-0.05, 0) is 31.2 Å². The van der Waals surface area contributed by atoms with Gasteiger partial charge < -0.3 is 15.8 Å². The molecule has 0 aliphatic rings. The molecule has 3 N–H and O–H groups in total. The van der Waals surface area contributed by atoms with Crippen molar-refractivity contribution in [2.24, 2.45) is 0 Å². The highest BCUT2D eigenvalue weighted by Crippen LogP contribution is 2.29. The average Bonchev–Trinajstić information content (AvgIpc) is 2.49. The first-order valence-electron chi connectivity index (χ1n) is 6.61. The third kappa shape index (κ3) is 2.58. The zero-order valence-corrected chi connectivity index (χ0v) is 11.9. The van der Waals surface area contributed by atoms with Crippen molar-refractivity contribution in [3.05, 3.63) is 48.3 Å². The normalized spacial score (nSPS) is 10.6. The van der Waals surface area contributed by atoms with Gasteiger partial charge in [-0.15, -0.1) is 0 Å². The molecule has 0 unspecified atom stereocenters. The van der Waals surface area contributed by atoms with Crippen LogP contribution in [-0.2, 0) is 0 Å². The molecule has 0 atom stereocenters. The molecule has 106 valence electrons. The van der Waals surface area contributed by atoms with Crippen LogP contribution in [0.5, 0.6) is 5.75 Å². The summed E-state index contributed by atoms with van der Waals surface area (Å²) in [6.07, 6.45) is 0. The van der Waals surface area contributed by atoms with Gasteiger partial charge in [-0.2, -0.15) is 0 Å². The number of nitrogen functional groups attached to an aromatic ring is 1. The fourth-order valence-electron chi connectivity index (χ4n) is 2.20. The predicted molar refractivity (Wildman–Crippen MR) is 85.0 cm³/mol. The number of nitrogens with zero attached hydrogens (tertiary/aromatic N) is 2. The smallest absolute Gasteiger partial charge is 0.142 e. The number of para-hydroxylation sites is 1. The van der Waals surface area contributed by atoms with E-state index in [-0.39, 0.29) is 0 Å². The van der Waals surface area contributed by atoms with Crippen LogP contribution in [0.3, 0.4) is 0 Å². The average molecular weight is 280 g/mol. The van der Waals surface area contributed by atoms with Gasteiger partial charge in [-0.3, -0.25) is 0 Å². The van der Waals surface area contributed by atoms with Crippen molar-refractivity contribution >= 4 is 28.1 Å². The van der Waals surface area contributed by atoms with E-state index in [2.05, 4.69) is 15.3 Å². The molecule has 5 nitrogen and oxygen atoms in total. The number of methoxy groups -OCH3 is 1. The molecule has 0 aliphatic carbocycles. The first-order chi connectivity index (χ1) is 10.2. The van der Waals surface area contributed by atoms with Gasteiger partial charge in [0.25, 0.3) is 0 Å². The Bertz CT molecular complexity index is 801. The molecule has 0 amide bonds. The van der Waals surface area contributed by atoms with Crippen LogP contribution >= 0.6 is 0 Å². The molecule has 0 saturated heterocycles. The Labute approximate surface area is 122 Å². The summed E-state index contributed by atoms with van der Waals surface area (Å²) in [6, 6.07) is 13.4. The van der Waals surface area contributed by atoms with Crippen LogP contribution in [-0.4, -0.2) is 17.1 Å². The number of nitrogens with one attached hydrogen (secondary N) is 1. The number of aryl methyl sites for hydroxylation is 1. The maximum Gasteiger partial charge on any atom is 0.142 e. The number of hydrogen-bond acceptors (Lipinski definition) is 5. The Morgan fingerprint density at radius 1 is 1.10 bits per heavy atom. The third-order valence-electron chi connectivity index (χ3n) is 3.23. The molecule has 0 fully saturated rings. The van der Waals surface area contributed by atoms with E-state index in [1.54, 1.807) is 13.2 Å². The lowest BCUT2D eigenvalue weighted by molar-refractivity contribution is 0.415. The number of fused-ring (bicyclic) bond motifs is 1. The minimum atomic E-state index is 0.606. The van der Waals surface area contributed by atoms with Crippen molar-refractivity contribution in [2.45, 2.75) is 6.92 Å². The van der Waals surface area contributed by atoms with Gasteiger partial charge in [0.2, 0.25) is 0 Å². The molecular formula is C16H16N4O. The fourth-order valence-corrected chi connectivity index (χ4v) is 2.20. The van der Waals surface area contributed by atoms with Gasteiger partial charge in [-0.25, -0.2) is 9.97 Å². The van der Waals surface area contributed by atoms with E-state index in [1.807, 2.05) is 43.3 Å². The zero-order valence-electron chi connectivity index (χ0n) is 11.9. The van der Waals surface area contributed by atoms with Crippen molar-refractivity contribution in [3.63, 3.8) is 0 Å². The molecule has 0 spiro atoms. The highest BCUT2D eigenvalue weighted by atomic mass is 16.5. The lowest BCUT2D eigenvalue weighted by Gasteiger charge is -2.12. The SMILES string of the molecule is COc1ccc(Nc2nc(C)nc3ccccc23)c(N)c1. The van der Waals surface area contributed by atoms with Crippen LogP contribution in [0.4, 0.5) is 17.2 Å². The standard InChI is InChI=1S/C16H16N4O/c1-10-18-14-6-4-3-5-12(14)16(19-10)20-15-8-7-11(21-2)9-13(15)17/h3-9H,17H2,1-2H3,(H,18,19,20). The van der Waals surface area contributed by atoms with Crippen LogP contribution in [0.15, 0.2) is 42.5 Å². The fraction of sp³-hybridized carbons (Fsp3) is 0.125. The largest absolute Gasteiger partial charge is 0.497 e. The molecule has 3 rings (SSSR count). The van der Waals surface area contributed by atoms with E-state index in [4.69, 9.17) is 10.5 Å². The Kier molecular flexibility index (Phi) is 3.31. The van der Waals surface area contributed by atoms with E-state index in [9.17, 15) is 0 Å². The van der Waals surface area contributed by atoms with Crippen molar-refractivity contribution in [1.29, 1.82) is 0 Å². The quantitative estimate of drug-likeness (QED) is 0.720. The van der Waals surface area contributed by atoms with Gasteiger partial charge in [0.15, 0.2) is 0 Å². The molecule has 0 bridgehead atoms. The molecular weight excluding hydrogens is 264 g/mol. The molecule has 3 aromatic rings. The molecule has 0 aliphatic heterocycles. The van der Waals surface area contributed by atoms with Gasteiger partial charge >= 0.3 is 0 Å². The monoisotopic (exact) mass is 280 g/mol. The second-order valence-electron chi connectivity index (χ2n) is 4.71. The van der Waals surface area contributed by atoms with Crippen molar-refractivity contribution < 1.29 is 4.74 Å². The van der Waals surface area contributed by atoms with E-state index in [1.165, 1.54) is 0 Å². The second-order valence-corrected chi connectivity index (χ2v) is 4.71. The van der Waals surface area contributed by atoms with Crippen molar-refractivity contribution in [1.82, 2.24) is 9.97 Å². The summed E-state index contributed by atoms with van der Waals surface area (Å²) in [6.45, 7) is 1.87. The first kappa shape index (κ1) is 13.2. The second kappa shape index (κ2) is 5.28. The summed E-state index contributed by atoms with van der Waals surface area (Å²) in [5, 5.41) is 4.23. The number of hydrogen-bond donors (Lipinski definition) is 2. The van der Waals surface area contributed by atoms with E-state index in [0.29, 0.717) is 11.5 Å². The number of aromatic nitrogens is 2. The maximum absolute atomic E-state index is 6.04. The molecule has 0 radical (unpaired) electrons. The topological polar surface area (TPSA) is 73.1 Å². The molecule has 1 heterocycles. The molecule has 0 saturated carbocycles. The number of nitrogens with two attached hydrogens (primary N) is 1. The lowest BCUT2D eigenvalue weighted by Crippen LogP contribution is -2.01. The Morgan fingerprint density at radius 2 is 1.90 bits per heavy atom. The minimum Gasteiger partial charge on any atom is -0.497 e. The number of ether oxygens (including phenoxy) is 1. The van der Waals surface area contributed by atoms with Crippen molar-refractivity contribution in [2.75, 3.05) is 18.2 Å². The highest BCUT2D eigenvalue weighted by molar-refractivity contribution is 5.92. The number of rotatable bonds is 3. The Hall–Kier alpha value is -2.82. The van der Waals surface area contributed by atoms with Crippen LogP contribution in [0.2, 0.25) is 0 Å². The van der Waals surface area contributed by atoms with E-state index < -0.39 is 0 Å². The summed E-state index contributed by atoms with van der Waals surface area (Å²) in [7, 11) is 1.61. The van der Waals surface area contributed by atoms with Gasteiger partial charge in [0.05, 0.1) is 24.0 Å². The summed E-state index contributed by atoms with van der Waals surface area (Å²) in [5.41, 5.74) is 8.34. The summed E-state index contributed by atoms with van der Waals surface area (Å²) in [5.74, 6) is 2.18. The first-order valence-corrected chi connectivity index (χ1v) is 6.61. The van der Waals surface area contributed by atoms with Crippen LogP contribution in [0.1, 0.15) is 5.82 Å². The third-order valence-corrected chi connectivity index (χ3v) is 3.23. The number of anilines is 3. The summed E-state index contributed by atoms with van der Waals surface area (Å²) >= 11 is 0. The van der Waals surface area contributed by atoms with Crippen LogP contribution in [0.25, 0.3) is 10.9 Å². The predicted octanol–water partition coefficient (Wildman–Crippen LogP) is 3.27. The Balaban J connectivity index is 2.05. The van der Waals surface area contributed by atoms with Crippen LogP contribution in [0, 0.1) is 6.92 Å². The Morgan fingerprint density at radius 3 is 2.67 bits per heavy atom. The highest BCUT2D eigenvalue weighted by Gasteiger charge is 2.08. The maximum atomic E-state index is 6.04. The van der Waals surface area contributed by atoms with Gasteiger partial charge in [-0.1, -0.05) is 12.1 Å². The molecule has 1 aromatic heterocycles. The lowest BCUT2D eigenvalue weighted by atomic mass is 10.2. The van der Waals surface area contributed by atoms with E-state index >= 15 is 0 Å². The summed E-state index contributed by atoms with van der Waals surface area (Å²) < 4.78 is 5.16. The zero-order chi connectivity index (χ0) is 14.8. The minimum absolute atomic E-state index is 0.606. The molecule has 21 heavy (non-hydrogen) atoms. The van der Waals surface area contributed by atoms with Gasteiger partial charge in [0.1, 0.15) is 17.4 Å². The van der Waals surface area contributed by atoms with E-state index in [0.717, 1.165) is 28.2 Å². The summed E-state index contributed by atoms with van der Waals surface area (Å²) in [4.78, 5) is 8.90.